The molecule has 2 N–H and O–H groups in total. The zero-order chi connectivity index (χ0) is 17.8. The van der Waals surface area contributed by atoms with Crippen LogP contribution in [0, 0.1) is 0 Å². The molecule has 1 heterocycles. The van der Waals surface area contributed by atoms with Gasteiger partial charge < -0.3 is 5.84 Å². The molecule has 25 heavy (non-hydrogen) atoms. The van der Waals surface area contributed by atoms with Crippen molar-refractivity contribution in [2.75, 3.05) is 5.84 Å². The molecule has 4 heteroatoms. The third-order valence-electron chi connectivity index (χ3n) is 4.95. The lowest BCUT2D eigenvalue weighted by Crippen LogP contribution is -2.31. The van der Waals surface area contributed by atoms with Crippen LogP contribution in [0.4, 0.5) is 0 Å². The van der Waals surface area contributed by atoms with Gasteiger partial charge in [0.05, 0.1) is 10.9 Å². The van der Waals surface area contributed by atoms with Crippen LogP contribution in [0.3, 0.4) is 0 Å². The fourth-order valence-electron chi connectivity index (χ4n) is 3.19. The van der Waals surface area contributed by atoms with Crippen LogP contribution >= 0.6 is 0 Å². The number of hydrogen-bond donors (Lipinski definition) is 1. The molecule has 0 amide bonds. The van der Waals surface area contributed by atoms with Crippen LogP contribution in [0.15, 0.2) is 47.3 Å². The monoisotopic (exact) mass is 333 g/mol. The molecule has 1 fully saturated rings. The topological polar surface area (TPSA) is 60.9 Å². The van der Waals surface area contributed by atoms with E-state index in [9.17, 15) is 4.79 Å². The van der Waals surface area contributed by atoms with Crippen molar-refractivity contribution in [1.82, 2.24) is 9.66 Å². The van der Waals surface area contributed by atoms with Gasteiger partial charge >= 0.3 is 0 Å². The van der Waals surface area contributed by atoms with Gasteiger partial charge in [-0.05, 0) is 47.1 Å². The van der Waals surface area contributed by atoms with Gasteiger partial charge in [-0.2, -0.15) is 0 Å². The Morgan fingerprint density at radius 2 is 1.68 bits per heavy atom. The summed E-state index contributed by atoms with van der Waals surface area (Å²) >= 11 is 0. The molecule has 128 valence electrons. The summed E-state index contributed by atoms with van der Waals surface area (Å²) in [5.74, 6) is 7.04. The quantitative estimate of drug-likeness (QED) is 0.722. The Kier molecular flexibility index (Phi) is 3.46. The zero-order valence-corrected chi connectivity index (χ0v) is 14.9. The minimum absolute atomic E-state index is 0.123. The summed E-state index contributed by atoms with van der Waals surface area (Å²) in [5, 5.41) is 0.573. The second-order valence-corrected chi connectivity index (χ2v) is 7.98. The number of rotatable bonds is 2. The summed E-state index contributed by atoms with van der Waals surface area (Å²) in [4.78, 5) is 17.3. The molecule has 1 aromatic heterocycles. The molecular weight excluding hydrogens is 310 g/mol. The average Bonchev–Trinajstić information content (AvgIpc) is 3.42. The maximum absolute atomic E-state index is 12.6. The van der Waals surface area contributed by atoms with E-state index in [0.29, 0.717) is 17.1 Å². The van der Waals surface area contributed by atoms with Gasteiger partial charge in [-0.15, -0.1) is 0 Å². The van der Waals surface area contributed by atoms with E-state index in [1.165, 1.54) is 10.2 Å². The van der Waals surface area contributed by atoms with Crippen LogP contribution in [0.5, 0.6) is 0 Å². The highest BCUT2D eigenvalue weighted by molar-refractivity contribution is 5.84. The van der Waals surface area contributed by atoms with E-state index in [1.54, 1.807) is 0 Å². The number of benzene rings is 2. The van der Waals surface area contributed by atoms with Crippen LogP contribution in [0.2, 0.25) is 0 Å². The van der Waals surface area contributed by atoms with E-state index in [4.69, 9.17) is 5.84 Å². The van der Waals surface area contributed by atoms with Gasteiger partial charge in [-0.3, -0.25) is 4.79 Å². The van der Waals surface area contributed by atoms with Gasteiger partial charge in [0.25, 0.3) is 5.56 Å². The molecule has 2 aromatic carbocycles. The SMILES string of the molecule is CC(C)(C)c1ccc(-c2ccc3nc(C4CC4)n(N)c(=O)c3c2)cc1. The van der Waals surface area contributed by atoms with Gasteiger partial charge in [0.2, 0.25) is 0 Å². The Labute approximate surface area is 147 Å². The Morgan fingerprint density at radius 3 is 2.28 bits per heavy atom. The fraction of sp³-hybridized carbons (Fsp3) is 0.333. The summed E-state index contributed by atoms with van der Waals surface area (Å²) in [5.41, 5.74) is 4.06. The van der Waals surface area contributed by atoms with Crippen molar-refractivity contribution in [1.29, 1.82) is 0 Å². The molecule has 0 saturated heterocycles. The van der Waals surface area contributed by atoms with E-state index in [2.05, 4.69) is 50.0 Å². The van der Waals surface area contributed by atoms with Crippen molar-refractivity contribution in [3.63, 3.8) is 0 Å². The van der Waals surface area contributed by atoms with E-state index in [1.807, 2.05) is 18.2 Å². The Bertz CT molecular complexity index is 1010. The second kappa shape index (κ2) is 5.45. The fourth-order valence-corrected chi connectivity index (χ4v) is 3.19. The molecule has 1 aliphatic rings. The lowest BCUT2D eigenvalue weighted by atomic mass is 9.86. The number of nitrogens with two attached hydrogens (primary N) is 1. The first-order valence-corrected chi connectivity index (χ1v) is 8.77. The maximum Gasteiger partial charge on any atom is 0.279 e. The van der Waals surface area contributed by atoms with Crippen LogP contribution < -0.4 is 11.4 Å². The summed E-state index contributed by atoms with van der Waals surface area (Å²) < 4.78 is 1.23. The third kappa shape index (κ3) is 2.82. The Balaban J connectivity index is 1.80. The smallest absolute Gasteiger partial charge is 0.279 e. The standard InChI is InChI=1S/C21H23N3O/c1-21(2,3)16-9-6-13(7-10-16)15-8-11-18-17(12-15)20(25)24(22)19(23-18)14-4-5-14/h6-12,14H,4-5,22H2,1-3H3. The molecule has 0 radical (unpaired) electrons. The van der Waals surface area contributed by atoms with Crippen molar-refractivity contribution in [3.05, 3.63) is 64.2 Å². The number of hydrogen-bond acceptors (Lipinski definition) is 3. The summed E-state index contributed by atoms with van der Waals surface area (Å²) in [6, 6.07) is 14.4. The summed E-state index contributed by atoms with van der Waals surface area (Å²) in [7, 11) is 0. The molecule has 0 aliphatic heterocycles. The molecule has 0 spiro atoms. The Morgan fingerprint density at radius 1 is 1.04 bits per heavy atom. The van der Waals surface area contributed by atoms with Crippen molar-refractivity contribution >= 4 is 10.9 Å². The van der Waals surface area contributed by atoms with Crippen LogP contribution in [0.25, 0.3) is 22.0 Å². The average molecular weight is 333 g/mol. The molecule has 0 atom stereocenters. The van der Waals surface area contributed by atoms with E-state index in [0.717, 1.165) is 29.5 Å². The number of nitrogen functional groups attached to an aromatic ring is 1. The van der Waals surface area contributed by atoms with Crippen LogP contribution in [0.1, 0.15) is 50.9 Å². The van der Waals surface area contributed by atoms with Crippen LogP contribution in [-0.2, 0) is 5.41 Å². The van der Waals surface area contributed by atoms with Gasteiger partial charge in [0.15, 0.2) is 0 Å². The first-order chi connectivity index (χ1) is 11.8. The van der Waals surface area contributed by atoms with Crippen molar-refractivity contribution in [2.45, 2.75) is 44.9 Å². The molecule has 1 saturated carbocycles. The number of aromatic nitrogens is 2. The highest BCUT2D eigenvalue weighted by atomic mass is 16.1. The van der Waals surface area contributed by atoms with Gasteiger partial charge in [-0.1, -0.05) is 51.1 Å². The van der Waals surface area contributed by atoms with Gasteiger partial charge in [-0.25, -0.2) is 9.66 Å². The molecule has 0 bridgehead atoms. The summed E-state index contributed by atoms with van der Waals surface area (Å²) in [6.45, 7) is 6.60. The molecule has 1 aliphatic carbocycles. The number of nitrogens with zero attached hydrogens (tertiary/aromatic N) is 2. The zero-order valence-electron chi connectivity index (χ0n) is 14.9. The lowest BCUT2D eigenvalue weighted by molar-refractivity contribution is 0.590. The van der Waals surface area contributed by atoms with Crippen molar-refractivity contribution in [2.24, 2.45) is 0 Å². The molecule has 0 unspecified atom stereocenters. The predicted octanol–water partition coefficient (Wildman–Crippen LogP) is 3.95. The van der Waals surface area contributed by atoms with Crippen LogP contribution in [-0.4, -0.2) is 9.66 Å². The maximum atomic E-state index is 12.6. The molecular formula is C21H23N3O. The third-order valence-corrected chi connectivity index (χ3v) is 4.95. The predicted molar refractivity (Wildman–Crippen MR) is 102 cm³/mol. The Hall–Kier alpha value is -2.62. The first-order valence-electron chi connectivity index (χ1n) is 8.77. The normalized spacial score (nSPS) is 14.8. The minimum atomic E-state index is -0.167. The lowest BCUT2D eigenvalue weighted by Gasteiger charge is -2.19. The highest BCUT2D eigenvalue weighted by Crippen LogP contribution is 2.38. The molecule has 3 aromatic rings. The van der Waals surface area contributed by atoms with Gasteiger partial charge in [0, 0.05) is 5.92 Å². The van der Waals surface area contributed by atoms with E-state index in [-0.39, 0.29) is 11.0 Å². The minimum Gasteiger partial charge on any atom is -0.335 e. The van der Waals surface area contributed by atoms with E-state index < -0.39 is 0 Å². The summed E-state index contributed by atoms with van der Waals surface area (Å²) in [6.07, 6.45) is 2.13. The first kappa shape index (κ1) is 15.9. The molecule has 4 rings (SSSR count). The van der Waals surface area contributed by atoms with E-state index >= 15 is 0 Å². The van der Waals surface area contributed by atoms with Gasteiger partial charge in [0.1, 0.15) is 5.82 Å². The van der Waals surface area contributed by atoms with Crippen molar-refractivity contribution < 1.29 is 0 Å². The highest BCUT2D eigenvalue weighted by Gasteiger charge is 2.28. The molecule has 4 nitrogen and oxygen atoms in total. The largest absolute Gasteiger partial charge is 0.335 e. The second-order valence-electron chi connectivity index (χ2n) is 7.98. The van der Waals surface area contributed by atoms with Crippen molar-refractivity contribution in [3.8, 4) is 11.1 Å². The number of fused-ring (bicyclic) bond motifs is 1.